The van der Waals surface area contributed by atoms with Crippen molar-refractivity contribution < 1.29 is 19.0 Å². The van der Waals surface area contributed by atoms with E-state index in [2.05, 4.69) is 17.5 Å². The summed E-state index contributed by atoms with van der Waals surface area (Å²) in [4.78, 5) is 11.8. The molecule has 0 atom stereocenters. The zero-order valence-corrected chi connectivity index (χ0v) is 15.3. The van der Waals surface area contributed by atoms with Gasteiger partial charge in [-0.25, -0.2) is 5.43 Å². The van der Waals surface area contributed by atoms with E-state index < -0.39 is 0 Å². The average Bonchev–Trinajstić information content (AvgIpc) is 2.67. The highest BCUT2D eigenvalue weighted by molar-refractivity contribution is 5.86. The molecule has 138 valence electrons. The summed E-state index contributed by atoms with van der Waals surface area (Å²) < 4.78 is 16.0. The van der Waals surface area contributed by atoms with Gasteiger partial charge in [-0.15, -0.1) is 0 Å². The van der Waals surface area contributed by atoms with Gasteiger partial charge in [-0.05, 0) is 36.2 Å². The molecule has 0 heterocycles. The Balaban J connectivity index is 1.86. The standard InChI is InChI=1S/C20H24N2O4/c1-4-6-15-9-11-17(12-10-15)26-14-19(23)22-21-13-16-7-5-8-18(24-2)20(16)25-3/h5,7-13H,4,6,14H2,1-3H3,(H,22,23). The van der Waals surface area contributed by atoms with Crippen molar-refractivity contribution in [2.24, 2.45) is 5.10 Å². The molecule has 26 heavy (non-hydrogen) atoms. The minimum absolute atomic E-state index is 0.111. The van der Waals surface area contributed by atoms with Crippen molar-refractivity contribution in [1.29, 1.82) is 0 Å². The van der Waals surface area contributed by atoms with E-state index >= 15 is 0 Å². The maximum Gasteiger partial charge on any atom is 0.277 e. The van der Waals surface area contributed by atoms with E-state index in [4.69, 9.17) is 14.2 Å². The summed E-state index contributed by atoms with van der Waals surface area (Å²) >= 11 is 0. The quantitative estimate of drug-likeness (QED) is 0.553. The SMILES string of the molecule is CCCc1ccc(OCC(=O)NN=Cc2cccc(OC)c2OC)cc1. The highest BCUT2D eigenvalue weighted by atomic mass is 16.5. The fraction of sp³-hybridized carbons (Fsp3) is 0.300. The summed E-state index contributed by atoms with van der Waals surface area (Å²) in [5.74, 6) is 1.45. The molecule has 1 amide bonds. The topological polar surface area (TPSA) is 69.2 Å². The van der Waals surface area contributed by atoms with Gasteiger partial charge in [-0.3, -0.25) is 4.79 Å². The van der Waals surface area contributed by atoms with E-state index in [1.807, 2.05) is 36.4 Å². The summed E-state index contributed by atoms with van der Waals surface area (Å²) in [5, 5.41) is 3.94. The molecule has 0 unspecified atom stereocenters. The molecule has 2 aromatic carbocycles. The number of benzene rings is 2. The van der Waals surface area contributed by atoms with E-state index in [1.165, 1.54) is 11.8 Å². The number of hydrogen-bond acceptors (Lipinski definition) is 5. The zero-order chi connectivity index (χ0) is 18.8. The Labute approximate surface area is 153 Å². The van der Waals surface area contributed by atoms with Crippen molar-refractivity contribution in [1.82, 2.24) is 5.43 Å². The number of hydrogen-bond donors (Lipinski definition) is 1. The van der Waals surface area contributed by atoms with Crippen LogP contribution >= 0.6 is 0 Å². The predicted molar refractivity (Wildman–Crippen MR) is 101 cm³/mol. The van der Waals surface area contributed by atoms with E-state index in [0.29, 0.717) is 22.8 Å². The molecule has 0 aromatic heterocycles. The monoisotopic (exact) mass is 356 g/mol. The van der Waals surface area contributed by atoms with Crippen molar-refractivity contribution in [2.75, 3.05) is 20.8 Å². The van der Waals surface area contributed by atoms with Gasteiger partial charge in [0.1, 0.15) is 5.75 Å². The van der Waals surface area contributed by atoms with Gasteiger partial charge >= 0.3 is 0 Å². The van der Waals surface area contributed by atoms with E-state index in [1.54, 1.807) is 20.3 Å². The van der Waals surface area contributed by atoms with Crippen LogP contribution in [-0.4, -0.2) is 32.9 Å². The lowest BCUT2D eigenvalue weighted by atomic mass is 10.1. The van der Waals surface area contributed by atoms with E-state index in [-0.39, 0.29) is 12.5 Å². The van der Waals surface area contributed by atoms with Gasteiger partial charge in [0.15, 0.2) is 18.1 Å². The second-order valence-corrected chi connectivity index (χ2v) is 5.56. The first-order valence-corrected chi connectivity index (χ1v) is 8.42. The molecule has 2 rings (SSSR count). The number of aryl methyl sites for hydroxylation is 1. The third-order valence-corrected chi connectivity index (χ3v) is 3.66. The summed E-state index contributed by atoms with van der Waals surface area (Å²) in [6, 6.07) is 13.1. The molecule has 6 nitrogen and oxygen atoms in total. The molecule has 0 aliphatic carbocycles. The lowest BCUT2D eigenvalue weighted by molar-refractivity contribution is -0.123. The lowest BCUT2D eigenvalue weighted by Gasteiger charge is -2.09. The molecule has 2 aromatic rings. The molecule has 6 heteroatoms. The van der Waals surface area contributed by atoms with Crippen LogP contribution in [0.3, 0.4) is 0 Å². The smallest absolute Gasteiger partial charge is 0.277 e. The maximum atomic E-state index is 11.8. The van der Waals surface area contributed by atoms with Crippen LogP contribution in [0.4, 0.5) is 0 Å². The van der Waals surface area contributed by atoms with Crippen LogP contribution in [0, 0.1) is 0 Å². The largest absolute Gasteiger partial charge is 0.493 e. The Morgan fingerprint density at radius 3 is 2.54 bits per heavy atom. The van der Waals surface area contributed by atoms with Crippen LogP contribution in [0.15, 0.2) is 47.6 Å². The minimum atomic E-state index is -0.347. The van der Waals surface area contributed by atoms with Gasteiger partial charge < -0.3 is 14.2 Å². The number of methoxy groups -OCH3 is 2. The van der Waals surface area contributed by atoms with Crippen molar-refractivity contribution in [3.8, 4) is 17.2 Å². The second kappa shape index (κ2) is 10.1. The molecular weight excluding hydrogens is 332 g/mol. The fourth-order valence-corrected chi connectivity index (χ4v) is 2.41. The molecular formula is C20H24N2O4. The molecule has 0 radical (unpaired) electrons. The number of nitrogens with one attached hydrogen (secondary N) is 1. The number of carbonyl (C=O) groups excluding carboxylic acids is 1. The summed E-state index contributed by atoms with van der Waals surface area (Å²) in [6.07, 6.45) is 3.63. The van der Waals surface area contributed by atoms with Gasteiger partial charge in [0.25, 0.3) is 5.91 Å². The first-order valence-electron chi connectivity index (χ1n) is 8.42. The van der Waals surface area contributed by atoms with Crippen LogP contribution in [0.2, 0.25) is 0 Å². The van der Waals surface area contributed by atoms with Gasteiger partial charge in [0.2, 0.25) is 0 Å². The maximum absolute atomic E-state index is 11.8. The van der Waals surface area contributed by atoms with Crippen LogP contribution in [0.5, 0.6) is 17.2 Å². The first kappa shape index (κ1) is 19.3. The van der Waals surface area contributed by atoms with E-state index in [0.717, 1.165) is 12.8 Å². The number of ether oxygens (including phenoxy) is 3. The van der Waals surface area contributed by atoms with Gasteiger partial charge in [-0.1, -0.05) is 31.5 Å². The van der Waals surface area contributed by atoms with Crippen LogP contribution in [0.25, 0.3) is 0 Å². The molecule has 0 bridgehead atoms. The highest BCUT2D eigenvalue weighted by Gasteiger charge is 2.07. The number of rotatable bonds is 9. The molecule has 0 fully saturated rings. The van der Waals surface area contributed by atoms with Crippen molar-refractivity contribution in [2.45, 2.75) is 19.8 Å². The Bertz CT molecular complexity index is 742. The average molecular weight is 356 g/mol. The number of amides is 1. The highest BCUT2D eigenvalue weighted by Crippen LogP contribution is 2.29. The second-order valence-electron chi connectivity index (χ2n) is 5.56. The van der Waals surface area contributed by atoms with Gasteiger partial charge in [0.05, 0.1) is 20.4 Å². The predicted octanol–water partition coefficient (Wildman–Crippen LogP) is 3.19. The molecule has 1 N–H and O–H groups in total. The molecule has 0 aliphatic rings. The number of nitrogens with zero attached hydrogens (tertiary/aromatic N) is 1. The Morgan fingerprint density at radius 2 is 1.88 bits per heavy atom. The number of carbonyl (C=O) groups is 1. The van der Waals surface area contributed by atoms with E-state index in [9.17, 15) is 4.79 Å². The van der Waals surface area contributed by atoms with Crippen LogP contribution in [-0.2, 0) is 11.2 Å². The van der Waals surface area contributed by atoms with Gasteiger partial charge in [0, 0.05) is 5.56 Å². The Hall–Kier alpha value is -3.02. The van der Waals surface area contributed by atoms with Gasteiger partial charge in [-0.2, -0.15) is 5.10 Å². The van der Waals surface area contributed by atoms with Crippen LogP contribution in [0.1, 0.15) is 24.5 Å². The van der Waals surface area contributed by atoms with Crippen molar-refractivity contribution in [3.05, 3.63) is 53.6 Å². The zero-order valence-electron chi connectivity index (χ0n) is 15.3. The molecule has 0 aliphatic heterocycles. The fourth-order valence-electron chi connectivity index (χ4n) is 2.41. The van der Waals surface area contributed by atoms with Crippen molar-refractivity contribution in [3.63, 3.8) is 0 Å². The Morgan fingerprint density at radius 1 is 1.12 bits per heavy atom. The van der Waals surface area contributed by atoms with Crippen molar-refractivity contribution >= 4 is 12.1 Å². The summed E-state index contributed by atoms with van der Waals surface area (Å²) in [5.41, 5.74) is 4.38. The lowest BCUT2D eigenvalue weighted by Crippen LogP contribution is -2.24. The number of para-hydroxylation sites is 1. The first-order chi connectivity index (χ1) is 12.7. The minimum Gasteiger partial charge on any atom is -0.493 e. The molecule has 0 spiro atoms. The molecule has 0 saturated carbocycles. The normalized spacial score (nSPS) is 10.6. The summed E-state index contributed by atoms with van der Waals surface area (Å²) in [7, 11) is 3.11. The number of hydrazone groups is 1. The third kappa shape index (κ3) is 5.51. The van der Waals surface area contributed by atoms with Crippen LogP contribution < -0.4 is 19.6 Å². The third-order valence-electron chi connectivity index (χ3n) is 3.66. The Kier molecular flexibility index (Phi) is 7.49. The molecule has 0 saturated heterocycles. The summed E-state index contributed by atoms with van der Waals surface area (Å²) in [6.45, 7) is 2.02.